The van der Waals surface area contributed by atoms with Crippen LogP contribution in [0, 0.1) is 6.92 Å². The number of ether oxygens (including phenoxy) is 2. The smallest absolute Gasteiger partial charge is 0.493 e. The van der Waals surface area contributed by atoms with Crippen LogP contribution in [0.25, 0.3) is 11.0 Å². The molecule has 6 nitrogen and oxygen atoms in total. The fourth-order valence-electron chi connectivity index (χ4n) is 2.72. The lowest BCUT2D eigenvalue weighted by Gasteiger charge is -2.13. The Morgan fingerprint density at radius 1 is 1.26 bits per heavy atom. The number of aliphatic hydroxyl groups excluding tert-OH is 1. The Morgan fingerprint density at radius 3 is 2.74 bits per heavy atom. The number of benzene rings is 1. The lowest BCUT2D eigenvalue weighted by molar-refractivity contribution is -0.274. The summed E-state index contributed by atoms with van der Waals surface area (Å²) in [5, 5.41) is 10.5. The highest BCUT2D eigenvalue weighted by Crippen LogP contribution is 2.28. The van der Waals surface area contributed by atoms with Crippen molar-refractivity contribution in [2.75, 3.05) is 6.61 Å². The molecule has 0 saturated heterocycles. The first kappa shape index (κ1) is 19.0. The molecular formula is C18H18F3N3O3. The summed E-state index contributed by atoms with van der Waals surface area (Å²) in [5.41, 5.74) is 2.22. The number of nitrogens with one attached hydrogen (secondary N) is 1. The number of alkyl halides is 3. The maximum Gasteiger partial charge on any atom is 0.573 e. The second-order valence-corrected chi connectivity index (χ2v) is 5.88. The van der Waals surface area contributed by atoms with Gasteiger partial charge >= 0.3 is 6.36 Å². The van der Waals surface area contributed by atoms with Crippen LogP contribution in [0.4, 0.5) is 13.2 Å². The quantitative estimate of drug-likeness (QED) is 0.678. The molecule has 0 amide bonds. The molecule has 27 heavy (non-hydrogen) atoms. The van der Waals surface area contributed by atoms with E-state index in [1.165, 1.54) is 18.2 Å². The number of imidazole rings is 1. The van der Waals surface area contributed by atoms with Crippen LogP contribution < -0.4 is 9.47 Å². The molecule has 0 aliphatic heterocycles. The number of aromatic amines is 1. The second-order valence-electron chi connectivity index (χ2n) is 5.88. The molecule has 0 saturated carbocycles. The minimum Gasteiger partial charge on any atom is -0.493 e. The van der Waals surface area contributed by atoms with Gasteiger partial charge in [-0.25, -0.2) is 4.98 Å². The Morgan fingerprint density at radius 2 is 2.04 bits per heavy atom. The van der Waals surface area contributed by atoms with Gasteiger partial charge in [-0.15, -0.1) is 13.2 Å². The first-order valence-corrected chi connectivity index (χ1v) is 8.27. The van der Waals surface area contributed by atoms with Crippen LogP contribution in [0.3, 0.4) is 0 Å². The van der Waals surface area contributed by atoms with E-state index in [1.54, 1.807) is 12.3 Å². The molecule has 0 radical (unpaired) electrons. The molecule has 0 spiro atoms. The molecule has 9 heteroatoms. The van der Waals surface area contributed by atoms with Crippen molar-refractivity contribution in [1.82, 2.24) is 15.0 Å². The van der Waals surface area contributed by atoms with E-state index in [2.05, 4.69) is 19.7 Å². The van der Waals surface area contributed by atoms with Gasteiger partial charge in [0.15, 0.2) is 0 Å². The Balaban J connectivity index is 1.82. The zero-order chi connectivity index (χ0) is 19.6. The summed E-state index contributed by atoms with van der Waals surface area (Å²) in [6.07, 6.45) is -4.00. The highest BCUT2D eigenvalue weighted by Gasteiger charge is 2.31. The van der Waals surface area contributed by atoms with E-state index in [9.17, 15) is 18.3 Å². The molecule has 1 unspecified atom stereocenters. The predicted octanol–water partition coefficient (Wildman–Crippen LogP) is 3.84. The Hall–Kier alpha value is -2.81. The maximum atomic E-state index is 12.3. The summed E-state index contributed by atoms with van der Waals surface area (Å²) in [6.45, 7) is 4.23. The van der Waals surface area contributed by atoms with Gasteiger partial charge in [0, 0.05) is 29.9 Å². The first-order valence-electron chi connectivity index (χ1n) is 8.27. The summed E-state index contributed by atoms with van der Waals surface area (Å²) in [4.78, 5) is 11.3. The molecule has 3 rings (SSSR count). The van der Waals surface area contributed by atoms with Gasteiger partial charge in [-0.3, -0.25) is 4.98 Å². The van der Waals surface area contributed by atoms with Crippen molar-refractivity contribution < 1.29 is 27.8 Å². The van der Waals surface area contributed by atoms with Gasteiger partial charge in [0.1, 0.15) is 23.4 Å². The van der Waals surface area contributed by atoms with E-state index in [-0.39, 0.29) is 18.0 Å². The highest BCUT2D eigenvalue weighted by molar-refractivity contribution is 5.76. The minimum atomic E-state index is -4.77. The average molecular weight is 381 g/mol. The lowest BCUT2D eigenvalue weighted by atomic mass is 10.1. The Kier molecular flexibility index (Phi) is 5.22. The van der Waals surface area contributed by atoms with Gasteiger partial charge in [-0.05, 0) is 32.0 Å². The third-order valence-corrected chi connectivity index (χ3v) is 3.97. The fourth-order valence-corrected chi connectivity index (χ4v) is 2.72. The summed E-state index contributed by atoms with van der Waals surface area (Å²) >= 11 is 0. The number of pyridine rings is 1. The van der Waals surface area contributed by atoms with Crippen molar-refractivity contribution in [3.05, 3.63) is 47.5 Å². The molecule has 1 atom stereocenters. The fraction of sp³-hybridized carbons (Fsp3) is 0.333. The topological polar surface area (TPSA) is 80.3 Å². The van der Waals surface area contributed by atoms with E-state index >= 15 is 0 Å². The van der Waals surface area contributed by atoms with E-state index in [0.717, 1.165) is 5.56 Å². The number of hydrogen-bond acceptors (Lipinski definition) is 5. The number of H-pyrrole nitrogens is 1. The summed E-state index contributed by atoms with van der Waals surface area (Å²) < 4.78 is 46.4. The molecule has 2 heterocycles. The number of hydrogen-bond donors (Lipinski definition) is 2. The van der Waals surface area contributed by atoms with Gasteiger partial charge in [0.05, 0.1) is 17.6 Å². The predicted molar refractivity (Wildman–Crippen MR) is 91.6 cm³/mol. The summed E-state index contributed by atoms with van der Waals surface area (Å²) in [5.74, 6) is 0.562. The number of fused-ring (bicyclic) bond motifs is 1. The summed E-state index contributed by atoms with van der Waals surface area (Å²) in [6, 6.07) is 5.50. The number of aliphatic hydroxyl groups is 1. The molecule has 0 fully saturated rings. The zero-order valence-corrected chi connectivity index (χ0v) is 14.7. The molecule has 0 aliphatic carbocycles. The molecule has 0 bridgehead atoms. The van der Waals surface area contributed by atoms with Crippen LogP contribution in [0.15, 0.2) is 30.5 Å². The largest absolute Gasteiger partial charge is 0.573 e. The normalized spacial score (nSPS) is 13.0. The van der Waals surface area contributed by atoms with E-state index < -0.39 is 12.5 Å². The SMILES string of the molecule is CCOc1ccnc(CC(O)c2nc3ccc(OC(F)(F)F)cc3[nH]2)c1C. The maximum absolute atomic E-state index is 12.3. The van der Waals surface area contributed by atoms with Crippen molar-refractivity contribution in [2.24, 2.45) is 0 Å². The van der Waals surface area contributed by atoms with Gasteiger partial charge in [-0.2, -0.15) is 0 Å². The van der Waals surface area contributed by atoms with E-state index in [0.29, 0.717) is 29.1 Å². The van der Waals surface area contributed by atoms with Crippen molar-refractivity contribution in [1.29, 1.82) is 0 Å². The molecule has 3 aromatic rings. The zero-order valence-electron chi connectivity index (χ0n) is 14.7. The number of nitrogens with zero attached hydrogens (tertiary/aromatic N) is 2. The average Bonchev–Trinajstić information content (AvgIpc) is 3.00. The molecular weight excluding hydrogens is 363 g/mol. The van der Waals surface area contributed by atoms with E-state index in [1.807, 2.05) is 13.8 Å². The lowest BCUT2D eigenvalue weighted by Crippen LogP contribution is -2.16. The van der Waals surface area contributed by atoms with Crippen LogP contribution in [0.5, 0.6) is 11.5 Å². The van der Waals surface area contributed by atoms with Gasteiger partial charge in [0.25, 0.3) is 0 Å². The Labute approximate surface area is 153 Å². The molecule has 0 aliphatic rings. The van der Waals surface area contributed by atoms with Crippen LogP contribution in [0.1, 0.15) is 30.1 Å². The van der Waals surface area contributed by atoms with Crippen LogP contribution >= 0.6 is 0 Å². The highest BCUT2D eigenvalue weighted by atomic mass is 19.4. The number of aromatic nitrogens is 3. The van der Waals surface area contributed by atoms with Crippen molar-refractivity contribution in [3.8, 4) is 11.5 Å². The Bertz CT molecular complexity index is 940. The molecule has 2 N–H and O–H groups in total. The standard InChI is InChI=1S/C18H18F3N3O3/c1-3-26-16-6-7-22-13(10(16)2)9-15(25)17-23-12-5-4-11(8-14(12)24-17)27-18(19,20)21/h4-8,15,25H,3,9H2,1-2H3,(H,23,24). The van der Waals surface area contributed by atoms with Crippen molar-refractivity contribution in [2.45, 2.75) is 32.7 Å². The summed E-state index contributed by atoms with van der Waals surface area (Å²) in [7, 11) is 0. The third-order valence-electron chi connectivity index (χ3n) is 3.97. The van der Waals surface area contributed by atoms with Crippen LogP contribution in [-0.4, -0.2) is 33.0 Å². The molecule has 144 valence electrons. The monoisotopic (exact) mass is 381 g/mol. The first-order chi connectivity index (χ1) is 12.8. The molecule has 2 aromatic heterocycles. The van der Waals surface area contributed by atoms with Crippen LogP contribution in [-0.2, 0) is 6.42 Å². The van der Waals surface area contributed by atoms with E-state index in [4.69, 9.17) is 4.74 Å². The molecule has 1 aromatic carbocycles. The number of rotatable bonds is 6. The van der Waals surface area contributed by atoms with Crippen molar-refractivity contribution in [3.63, 3.8) is 0 Å². The van der Waals surface area contributed by atoms with Gasteiger partial charge < -0.3 is 19.6 Å². The van der Waals surface area contributed by atoms with Crippen LogP contribution in [0.2, 0.25) is 0 Å². The second kappa shape index (κ2) is 7.43. The van der Waals surface area contributed by atoms with Gasteiger partial charge in [0.2, 0.25) is 0 Å². The van der Waals surface area contributed by atoms with Crippen molar-refractivity contribution >= 4 is 11.0 Å². The number of halogens is 3. The van der Waals surface area contributed by atoms with Gasteiger partial charge in [-0.1, -0.05) is 0 Å². The minimum absolute atomic E-state index is 0.179. The third kappa shape index (κ3) is 4.48.